The molecule has 2 N–H and O–H groups in total. The Morgan fingerprint density at radius 1 is 1.17 bits per heavy atom. The number of aryl methyl sites for hydroxylation is 1. The van der Waals surface area contributed by atoms with Crippen molar-refractivity contribution >= 4 is 11.7 Å². The molecule has 0 saturated carbocycles. The lowest BCUT2D eigenvalue weighted by Crippen LogP contribution is -2.57. The van der Waals surface area contributed by atoms with Crippen LogP contribution in [0.15, 0.2) is 12.1 Å². The molecule has 6 nitrogen and oxygen atoms in total. The highest BCUT2D eigenvalue weighted by Crippen LogP contribution is 2.35. The molecule has 124 valence electrons. The van der Waals surface area contributed by atoms with Gasteiger partial charge in [-0.05, 0) is 50.4 Å². The number of amides is 2. The van der Waals surface area contributed by atoms with Crippen molar-refractivity contribution in [3.05, 3.63) is 17.7 Å². The first kappa shape index (κ1) is 14.6. The number of hydrogen-bond donors (Lipinski definition) is 2. The van der Waals surface area contributed by atoms with Gasteiger partial charge in [0.15, 0.2) is 11.5 Å². The highest BCUT2D eigenvalue weighted by atomic mass is 16.6. The second-order valence-corrected chi connectivity index (χ2v) is 6.65. The van der Waals surface area contributed by atoms with E-state index in [9.17, 15) is 4.79 Å². The lowest BCUT2D eigenvalue weighted by molar-refractivity contribution is 0.0777. The SMILES string of the molecule is Cc1cc2c(cc1NC(=O)NC1CN3CCC1CC3)OCCO2. The van der Waals surface area contributed by atoms with Crippen LogP contribution in [0, 0.1) is 12.8 Å². The zero-order valence-electron chi connectivity index (χ0n) is 13.4. The van der Waals surface area contributed by atoms with Crippen molar-refractivity contribution in [1.82, 2.24) is 10.2 Å². The summed E-state index contributed by atoms with van der Waals surface area (Å²) in [7, 11) is 0. The van der Waals surface area contributed by atoms with Crippen molar-refractivity contribution < 1.29 is 14.3 Å². The monoisotopic (exact) mass is 317 g/mol. The first-order valence-corrected chi connectivity index (χ1v) is 8.39. The maximum Gasteiger partial charge on any atom is 0.319 e. The fourth-order valence-corrected chi connectivity index (χ4v) is 3.78. The third-order valence-electron chi connectivity index (χ3n) is 5.11. The number of anilines is 1. The third kappa shape index (κ3) is 2.95. The Morgan fingerprint density at radius 3 is 2.52 bits per heavy atom. The maximum atomic E-state index is 12.4. The number of benzene rings is 1. The van der Waals surface area contributed by atoms with Gasteiger partial charge in [-0.25, -0.2) is 4.79 Å². The molecular weight excluding hydrogens is 294 g/mol. The second-order valence-electron chi connectivity index (χ2n) is 6.65. The number of urea groups is 1. The topological polar surface area (TPSA) is 62.8 Å². The van der Waals surface area contributed by atoms with Crippen molar-refractivity contribution in [3.8, 4) is 11.5 Å². The minimum atomic E-state index is -0.136. The number of ether oxygens (including phenoxy) is 2. The van der Waals surface area contributed by atoms with E-state index in [0.29, 0.717) is 24.9 Å². The fraction of sp³-hybridized carbons (Fsp3) is 0.588. The number of rotatable bonds is 2. The molecule has 4 aliphatic heterocycles. The van der Waals surface area contributed by atoms with Crippen LogP contribution in [0.1, 0.15) is 18.4 Å². The predicted octanol–water partition coefficient (Wildman–Crippen LogP) is 1.98. The summed E-state index contributed by atoms with van der Waals surface area (Å²) in [5, 5.41) is 6.11. The van der Waals surface area contributed by atoms with Gasteiger partial charge in [0, 0.05) is 24.3 Å². The molecule has 1 aromatic rings. The Kier molecular flexibility index (Phi) is 3.77. The normalized spacial score (nSPS) is 28.3. The van der Waals surface area contributed by atoms with E-state index in [0.717, 1.165) is 23.5 Å². The largest absolute Gasteiger partial charge is 0.486 e. The molecule has 1 aromatic carbocycles. The van der Waals surface area contributed by atoms with Gasteiger partial charge in [-0.1, -0.05) is 0 Å². The van der Waals surface area contributed by atoms with E-state index >= 15 is 0 Å². The van der Waals surface area contributed by atoms with Crippen LogP contribution >= 0.6 is 0 Å². The lowest BCUT2D eigenvalue weighted by atomic mass is 9.84. The summed E-state index contributed by atoms with van der Waals surface area (Å²) in [5.41, 5.74) is 1.74. The minimum absolute atomic E-state index is 0.136. The Balaban J connectivity index is 1.42. The zero-order chi connectivity index (χ0) is 15.8. The van der Waals surface area contributed by atoms with Crippen molar-refractivity contribution in [3.63, 3.8) is 0 Å². The second kappa shape index (κ2) is 5.92. The van der Waals surface area contributed by atoms with E-state index in [4.69, 9.17) is 9.47 Å². The van der Waals surface area contributed by atoms with Crippen molar-refractivity contribution in [2.45, 2.75) is 25.8 Å². The maximum absolute atomic E-state index is 12.4. The molecule has 2 amide bonds. The molecule has 4 aliphatic rings. The summed E-state index contributed by atoms with van der Waals surface area (Å²) in [4.78, 5) is 14.8. The molecule has 0 aliphatic carbocycles. The van der Waals surface area contributed by atoms with Crippen LogP contribution in [-0.4, -0.2) is 49.8 Å². The van der Waals surface area contributed by atoms with Gasteiger partial charge < -0.3 is 25.0 Å². The van der Waals surface area contributed by atoms with Gasteiger partial charge in [-0.3, -0.25) is 0 Å². The molecule has 0 aromatic heterocycles. The van der Waals surface area contributed by atoms with Crippen LogP contribution in [-0.2, 0) is 0 Å². The summed E-state index contributed by atoms with van der Waals surface area (Å²) < 4.78 is 11.1. The molecule has 5 rings (SSSR count). The van der Waals surface area contributed by atoms with Crippen LogP contribution in [0.4, 0.5) is 10.5 Å². The number of nitrogens with one attached hydrogen (secondary N) is 2. The van der Waals surface area contributed by atoms with E-state index < -0.39 is 0 Å². The molecule has 23 heavy (non-hydrogen) atoms. The number of piperidine rings is 3. The fourth-order valence-electron chi connectivity index (χ4n) is 3.78. The van der Waals surface area contributed by atoms with Gasteiger partial charge >= 0.3 is 6.03 Å². The lowest BCUT2D eigenvalue weighted by Gasteiger charge is -2.44. The number of fused-ring (bicyclic) bond motifs is 4. The standard InChI is InChI=1S/C17H23N3O3/c1-11-8-15-16(23-7-6-22-15)9-13(11)18-17(21)19-14-10-20-4-2-12(14)3-5-20/h8-9,12,14H,2-7,10H2,1H3,(H2,18,19,21). The molecule has 1 atom stereocenters. The van der Waals surface area contributed by atoms with Gasteiger partial charge in [-0.15, -0.1) is 0 Å². The molecule has 0 radical (unpaired) electrons. The molecule has 4 heterocycles. The van der Waals surface area contributed by atoms with Crippen molar-refractivity contribution in [2.24, 2.45) is 5.92 Å². The molecule has 2 bridgehead atoms. The van der Waals surface area contributed by atoms with Crippen LogP contribution in [0.2, 0.25) is 0 Å². The molecule has 1 unspecified atom stereocenters. The molecule has 0 spiro atoms. The number of nitrogens with zero attached hydrogens (tertiary/aromatic N) is 1. The van der Waals surface area contributed by atoms with Gasteiger partial charge in [0.1, 0.15) is 13.2 Å². The molecular formula is C17H23N3O3. The Labute approximate surface area is 136 Å². The zero-order valence-corrected chi connectivity index (χ0v) is 13.4. The van der Waals surface area contributed by atoms with Gasteiger partial charge in [0.05, 0.1) is 0 Å². The first-order chi connectivity index (χ1) is 11.2. The number of carbonyl (C=O) groups is 1. The molecule has 3 fully saturated rings. The molecule has 6 heteroatoms. The van der Waals surface area contributed by atoms with Gasteiger partial charge in [-0.2, -0.15) is 0 Å². The van der Waals surface area contributed by atoms with E-state index in [1.165, 1.54) is 25.9 Å². The summed E-state index contributed by atoms with van der Waals surface area (Å²) >= 11 is 0. The van der Waals surface area contributed by atoms with Crippen LogP contribution in [0.3, 0.4) is 0 Å². The molecule has 3 saturated heterocycles. The third-order valence-corrected chi connectivity index (χ3v) is 5.11. The number of hydrogen-bond acceptors (Lipinski definition) is 4. The number of carbonyl (C=O) groups excluding carboxylic acids is 1. The van der Waals surface area contributed by atoms with E-state index in [1.54, 1.807) is 0 Å². The van der Waals surface area contributed by atoms with Crippen LogP contribution in [0.25, 0.3) is 0 Å². The summed E-state index contributed by atoms with van der Waals surface area (Å²) in [6.45, 7) is 6.39. The van der Waals surface area contributed by atoms with Crippen LogP contribution in [0.5, 0.6) is 11.5 Å². The summed E-state index contributed by atoms with van der Waals surface area (Å²) in [6.07, 6.45) is 2.38. The Hall–Kier alpha value is -1.95. The van der Waals surface area contributed by atoms with E-state index in [1.807, 2.05) is 19.1 Å². The minimum Gasteiger partial charge on any atom is -0.486 e. The van der Waals surface area contributed by atoms with E-state index in [2.05, 4.69) is 15.5 Å². The van der Waals surface area contributed by atoms with E-state index in [-0.39, 0.29) is 12.1 Å². The highest BCUT2D eigenvalue weighted by Gasteiger charge is 2.34. The quantitative estimate of drug-likeness (QED) is 0.875. The average molecular weight is 317 g/mol. The first-order valence-electron chi connectivity index (χ1n) is 8.39. The van der Waals surface area contributed by atoms with Crippen molar-refractivity contribution in [2.75, 3.05) is 38.2 Å². The average Bonchev–Trinajstić information content (AvgIpc) is 2.56. The Bertz CT molecular complexity index is 611. The van der Waals surface area contributed by atoms with Crippen LogP contribution < -0.4 is 20.1 Å². The van der Waals surface area contributed by atoms with Crippen molar-refractivity contribution in [1.29, 1.82) is 0 Å². The van der Waals surface area contributed by atoms with Gasteiger partial charge in [0.2, 0.25) is 0 Å². The predicted molar refractivity (Wildman–Crippen MR) is 87.3 cm³/mol. The summed E-state index contributed by atoms with van der Waals surface area (Å²) in [6, 6.07) is 3.89. The Morgan fingerprint density at radius 2 is 1.87 bits per heavy atom. The van der Waals surface area contributed by atoms with Gasteiger partial charge in [0.25, 0.3) is 0 Å². The summed E-state index contributed by atoms with van der Waals surface area (Å²) in [5.74, 6) is 2.06. The highest BCUT2D eigenvalue weighted by molar-refractivity contribution is 5.90. The smallest absolute Gasteiger partial charge is 0.319 e.